The SMILES string of the molecule is Cl.Cl.NCC(=O)NCC(=O)NCCC(=O)N1CCN(c2ccc(F)cc2)CC1. The van der Waals surface area contributed by atoms with Crippen molar-refractivity contribution in [1.82, 2.24) is 15.5 Å². The van der Waals surface area contributed by atoms with Crippen LogP contribution in [0.2, 0.25) is 0 Å². The summed E-state index contributed by atoms with van der Waals surface area (Å²) in [5, 5.41) is 4.94. The summed E-state index contributed by atoms with van der Waals surface area (Å²) in [6.45, 7) is 2.40. The zero-order valence-electron chi connectivity index (χ0n) is 15.4. The number of amides is 3. The molecule has 4 N–H and O–H groups in total. The quantitative estimate of drug-likeness (QED) is 0.551. The van der Waals surface area contributed by atoms with Crippen LogP contribution in [-0.4, -0.2) is 68.4 Å². The first kappa shape index (κ1) is 25.9. The van der Waals surface area contributed by atoms with Gasteiger partial charge in [-0.15, -0.1) is 24.8 Å². The second kappa shape index (κ2) is 13.1. The molecule has 0 unspecified atom stereocenters. The van der Waals surface area contributed by atoms with E-state index in [4.69, 9.17) is 5.73 Å². The van der Waals surface area contributed by atoms with Crippen molar-refractivity contribution in [2.45, 2.75) is 6.42 Å². The Morgan fingerprint density at radius 3 is 2.14 bits per heavy atom. The fourth-order valence-electron chi connectivity index (χ4n) is 2.65. The number of rotatable bonds is 7. The molecule has 1 fully saturated rings. The Morgan fingerprint density at radius 1 is 0.964 bits per heavy atom. The molecular weight excluding hydrogens is 412 g/mol. The molecule has 3 amide bonds. The van der Waals surface area contributed by atoms with Crippen LogP contribution in [0.15, 0.2) is 24.3 Å². The average Bonchev–Trinajstić information content (AvgIpc) is 2.66. The van der Waals surface area contributed by atoms with Gasteiger partial charge in [-0.3, -0.25) is 14.4 Å². The first-order valence-electron chi connectivity index (χ1n) is 8.51. The standard InChI is InChI=1S/C17H24FN5O3.2ClH/c18-13-1-3-14(4-2-13)22-7-9-23(10-8-22)17(26)5-6-20-16(25)12-21-15(24)11-19;;/h1-4H,5-12,19H2,(H,20,25)(H,21,24);2*1H. The minimum Gasteiger partial charge on any atom is -0.368 e. The van der Waals surface area contributed by atoms with E-state index in [1.807, 2.05) is 0 Å². The van der Waals surface area contributed by atoms with Crippen molar-refractivity contribution in [3.63, 3.8) is 0 Å². The highest BCUT2D eigenvalue weighted by atomic mass is 35.5. The summed E-state index contributed by atoms with van der Waals surface area (Å²) >= 11 is 0. The number of benzene rings is 1. The van der Waals surface area contributed by atoms with Crippen LogP contribution < -0.4 is 21.3 Å². The van der Waals surface area contributed by atoms with E-state index in [-0.39, 0.29) is 68.5 Å². The lowest BCUT2D eigenvalue weighted by molar-refractivity contribution is -0.131. The molecule has 1 aliphatic rings. The molecule has 0 spiro atoms. The summed E-state index contributed by atoms with van der Waals surface area (Å²) < 4.78 is 13.0. The van der Waals surface area contributed by atoms with Crippen molar-refractivity contribution >= 4 is 48.2 Å². The third kappa shape index (κ3) is 8.28. The molecule has 0 atom stereocenters. The van der Waals surface area contributed by atoms with Gasteiger partial charge < -0.3 is 26.2 Å². The van der Waals surface area contributed by atoms with Crippen LogP contribution in [0.1, 0.15) is 6.42 Å². The molecule has 8 nitrogen and oxygen atoms in total. The molecule has 0 radical (unpaired) electrons. The predicted molar refractivity (Wildman–Crippen MR) is 109 cm³/mol. The van der Waals surface area contributed by atoms with Crippen LogP contribution in [0.4, 0.5) is 10.1 Å². The number of carbonyl (C=O) groups excluding carboxylic acids is 3. The second-order valence-electron chi connectivity index (χ2n) is 5.93. The highest BCUT2D eigenvalue weighted by molar-refractivity contribution is 5.86. The summed E-state index contributed by atoms with van der Waals surface area (Å²) in [6.07, 6.45) is 0.202. The molecule has 2 rings (SSSR count). The third-order valence-corrected chi connectivity index (χ3v) is 4.12. The Bertz CT molecular complexity index is 640. The highest BCUT2D eigenvalue weighted by Crippen LogP contribution is 2.17. The maximum atomic E-state index is 13.0. The number of hydrogen-bond donors (Lipinski definition) is 3. The smallest absolute Gasteiger partial charge is 0.239 e. The zero-order valence-corrected chi connectivity index (χ0v) is 17.0. The van der Waals surface area contributed by atoms with E-state index in [2.05, 4.69) is 15.5 Å². The Labute approximate surface area is 175 Å². The molecule has 1 aromatic rings. The third-order valence-electron chi connectivity index (χ3n) is 4.12. The lowest BCUT2D eigenvalue weighted by atomic mass is 10.2. The van der Waals surface area contributed by atoms with Crippen LogP contribution in [0, 0.1) is 5.82 Å². The normalized spacial score (nSPS) is 13.1. The van der Waals surface area contributed by atoms with Crippen molar-refractivity contribution in [3.8, 4) is 0 Å². The van der Waals surface area contributed by atoms with Crippen LogP contribution in [0.5, 0.6) is 0 Å². The number of hydrogen-bond acceptors (Lipinski definition) is 5. The molecule has 0 saturated carbocycles. The fraction of sp³-hybridized carbons (Fsp3) is 0.471. The maximum Gasteiger partial charge on any atom is 0.239 e. The van der Waals surface area contributed by atoms with Crippen LogP contribution >= 0.6 is 24.8 Å². The molecule has 0 bridgehead atoms. The van der Waals surface area contributed by atoms with Crippen LogP contribution in [-0.2, 0) is 14.4 Å². The van der Waals surface area contributed by atoms with Gasteiger partial charge in [-0.2, -0.15) is 0 Å². The topological polar surface area (TPSA) is 108 Å². The predicted octanol–water partition coefficient (Wildman–Crippen LogP) is -0.101. The van der Waals surface area contributed by atoms with Gasteiger partial charge in [0.1, 0.15) is 5.82 Å². The number of carbonyl (C=O) groups is 3. The summed E-state index contributed by atoms with van der Waals surface area (Å²) in [5.74, 6) is -1.07. The molecule has 1 aromatic carbocycles. The van der Waals surface area contributed by atoms with E-state index in [0.717, 1.165) is 5.69 Å². The van der Waals surface area contributed by atoms with E-state index in [1.54, 1.807) is 17.0 Å². The lowest BCUT2D eigenvalue weighted by Crippen LogP contribution is -2.49. The molecule has 28 heavy (non-hydrogen) atoms. The van der Waals surface area contributed by atoms with Gasteiger partial charge in [0.05, 0.1) is 13.1 Å². The molecule has 11 heteroatoms. The van der Waals surface area contributed by atoms with E-state index < -0.39 is 5.91 Å². The Hall–Kier alpha value is -2.10. The highest BCUT2D eigenvalue weighted by Gasteiger charge is 2.21. The first-order chi connectivity index (χ1) is 12.5. The average molecular weight is 438 g/mol. The number of piperazine rings is 1. The Kier molecular flexibility index (Phi) is 12.2. The van der Waals surface area contributed by atoms with Crippen LogP contribution in [0.25, 0.3) is 0 Å². The summed E-state index contributed by atoms with van der Waals surface area (Å²) in [5.41, 5.74) is 6.06. The van der Waals surface area contributed by atoms with Crippen molar-refractivity contribution in [1.29, 1.82) is 0 Å². The van der Waals surface area contributed by atoms with Gasteiger partial charge in [-0.05, 0) is 24.3 Å². The van der Waals surface area contributed by atoms with Crippen molar-refractivity contribution < 1.29 is 18.8 Å². The number of nitrogens with two attached hydrogens (primary N) is 1. The van der Waals surface area contributed by atoms with Gasteiger partial charge in [0.25, 0.3) is 0 Å². The van der Waals surface area contributed by atoms with E-state index in [0.29, 0.717) is 26.2 Å². The lowest BCUT2D eigenvalue weighted by Gasteiger charge is -2.36. The van der Waals surface area contributed by atoms with Gasteiger partial charge in [-0.25, -0.2) is 4.39 Å². The van der Waals surface area contributed by atoms with Gasteiger partial charge in [0, 0.05) is 44.8 Å². The maximum absolute atomic E-state index is 13.0. The number of nitrogens with one attached hydrogen (secondary N) is 2. The van der Waals surface area contributed by atoms with E-state index in [1.165, 1.54) is 12.1 Å². The molecule has 158 valence electrons. The molecule has 1 saturated heterocycles. The van der Waals surface area contributed by atoms with E-state index in [9.17, 15) is 18.8 Å². The number of nitrogens with zero attached hydrogens (tertiary/aromatic N) is 2. The zero-order chi connectivity index (χ0) is 18.9. The van der Waals surface area contributed by atoms with Crippen molar-refractivity contribution in [3.05, 3.63) is 30.1 Å². The summed E-state index contributed by atoms with van der Waals surface area (Å²) in [6, 6.07) is 6.30. The van der Waals surface area contributed by atoms with Gasteiger partial charge >= 0.3 is 0 Å². The van der Waals surface area contributed by atoms with Gasteiger partial charge in [-0.1, -0.05) is 0 Å². The first-order valence-corrected chi connectivity index (χ1v) is 8.51. The molecule has 0 aliphatic carbocycles. The fourth-order valence-corrected chi connectivity index (χ4v) is 2.65. The summed E-state index contributed by atoms with van der Waals surface area (Å²) in [4.78, 5) is 38.5. The van der Waals surface area contributed by atoms with Crippen molar-refractivity contribution in [2.24, 2.45) is 5.73 Å². The minimum atomic E-state index is -0.407. The molecular formula is C17H26Cl2FN5O3. The van der Waals surface area contributed by atoms with E-state index >= 15 is 0 Å². The number of halogens is 3. The Balaban J connectivity index is 0.00000364. The van der Waals surface area contributed by atoms with Crippen molar-refractivity contribution in [2.75, 3.05) is 50.7 Å². The molecule has 1 heterocycles. The largest absolute Gasteiger partial charge is 0.368 e. The molecule has 1 aliphatic heterocycles. The summed E-state index contributed by atoms with van der Waals surface area (Å²) in [7, 11) is 0. The minimum absolute atomic E-state index is 0. The van der Waals surface area contributed by atoms with Gasteiger partial charge in [0.2, 0.25) is 17.7 Å². The Morgan fingerprint density at radius 2 is 1.57 bits per heavy atom. The van der Waals surface area contributed by atoms with Crippen LogP contribution in [0.3, 0.4) is 0 Å². The monoisotopic (exact) mass is 437 g/mol. The van der Waals surface area contributed by atoms with Gasteiger partial charge in [0.15, 0.2) is 0 Å². The molecule has 0 aromatic heterocycles. The second-order valence-corrected chi connectivity index (χ2v) is 5.93. The number of anilines is 1.